The van der Waals surface area contributed by atoms with E-state index in [-0.39, 0.29) is 0 Å². The molecule has 2 heterocycles. The van der Waals surface area contributed by atoms with Crippen LogP contribution in [0.5, 0.6) is 0 Å². The van der Waals surface area contributed by atoms with Crippen LogP contribution in [-0.4, -0.2) is 61.5 Å². The molecule has 0 unspecified atom stereocenters. The summed E-state index contributed by atoms with van der Waals surface area (Å²) in [5, 5.41) is 8.87. The van der Waals surface area contributed by atoms with Crippen molar-refractivity contribution in [1.29, 1.82) is 0 Å². The second kappa shape index (κ2) is 12.1. The average Bonchev–Trinajstić information content (AvgIpc) is 3.25. The Morgan fingerprint density at radius 3 is 2.82 bits per heavy atom. The Labute approximate surface area is 175 Å². The molecule has 1 aromatic carbocycles. The number of benzene rings is 1. The average molecular weight is 420 g/mol. The molecular weight excluding hydrogens is 390 g/mol. The van der Waals surface area contributed by atoms with Crippen molar-refractivity contribution in [3.8, 4) is 0 Å². The predicted octanol–water partition coefficient (Wildman–Crippen LogP) is 2.82. The van der Waals surface area contributed by atoms with Gasteiger partial charge in [0.2, 0.25) is 0 Å². The Bertz CT molecular complexity index is 717. The Morgan fingerprint density at radius 2 is 2.07 bits per heavy atom. The van der Waals surface area contributed by atoms with Gasteiger partial charge in [-0.25, -0.2) is 4.98 Å². The Kier molecular flexibility index (Phi) is 9.09. The van der Waals surface area contributed by atoms with Crippen molar-refractivity contribution < 1.29 is 4.74 Å². The van der Waals surface area contributed by atoms with E-state index in [9.17, 15) is 0 Å². The maximum atomic E-state index is 5.45. The lowest BCUT2D eigenvalue weighted by Gasteiger charge is -2.27. The first kappa shape index (κ1) is 21.1. The van der Waals surface area contributed by atoms with E-state index in [1.165, 1.54) is 11.1 Å². The minimum Gasteiger partial charge on any atom is -0.379 e. The molecule has 1 aliphatic heterocycles. The summed E-state index contributed by atoms with van der Waals surface area (Å²) in [5.41, 5.74) is 2.68. The summed E-state index contributed by atoms with van der Waals surface area (Å²) < 4.78 is 6.59. The molecule has 1 aromatic heterocycles. The van der Waals surface area contributed by atoms with E-state index in [0.717, 1.165) is 68.4 Å². The van der Waals surface area contributed by atoms with Gasteiger partial charge in [0.1, 0.15) is 4.34 Å². The van der Waals surface area contributed by atoms with E-state index >= 15 is 0 Å². The molecule has 0 saturated carbocycles. The van der Waals surface area contributed by atoms with Crippen molar-refractivity contribution in [2.75, 3.05) is 45.6 Å². The van der Waals surface area contributed by atoms with Gasteiger partial charge in [0.05, 0.1) is 13.2 Å². The summed E-state index contributed by atoms with van der Waals surface area (Å²) in [5.74, 6) is 1.90. The number of thiazole rings is 1. The van der Waals surface area contributed by atoms with Crippen molar-refractivity contribution in [1.82, 2.24) is 20.5 Å². The Balaban J connectivity index is 1.40. The zero-order valence-corrected chi connectivity index (χ0v) is 18.0. The van der Waals surface area contributed by atoms with Crippen LogP contribution in [0.1, 0.15) is 17.5 Å². The first-order chi connectivity index (χ1) is 13.8. The molecule has 1 aliphatic rings. The molecule has 1 fully saturated rings. The number of hydrogen-bond donors (Lipinski definition) is 2. The minimum atomic E-state index is 0.772. The topological polar surface area (TPSA) is 61.8 Å². The van der Waals surface area contributed by atoms with Crippen LogP contribution in [0.15, 0.2) is 45.2 Å². The summed E-state index contributed by atoms with van der Waals surface area (Å²) in [6.07, 6.45) is 2.92. The van der Waals surface area contributed by atoms with Crippen molar-refractivity contribution in [3.63, 3.8) is 0 Å². The van der Waals surface area contributed by atoms with E-state index < -0.39 is 0 Å². The number of nitrogens with zero attached hydrogens (tertiary/aromatic N) is 3. The normalized spacial score (nSPS) is 15.5. The van der Waals surface area contributed by atoms with E-state index in [0.29, 0.717) is 0 Å². The molecule has 28 heavy (non-hydrogen) atoms. The number of aliphatic imine (C=N–C) groups is 1. The third kappa shape index (κ3) is 7.09. The second-order valence-electron chi connectivity index (χ2n) is 6.51. The van der Waals surface area contributed by atoms with Gasteiger partial charge >= 0.3 is 0 Å². The molecule has 8 heteroatoms. The van der Waals surface area contributed by atoms with E-state index in [1.54, 1.807) is 11.3 Å². The van der Waals surface area contributed by atoms with Crippen molar-refractivity contribution in [2.24, 2.45) is 4.99 Å². The van der Waals surface area contributed by atoms with Gasteiger partial charge in [-0.2, -0.15) is 0 Å². The smallest absolute Gasteiger partial charge is 0.191 e. The van der Waals surface area contributed by atoms with E-state index in [1.807, 2.05) is 30.4 Å². The largest absolute Gasteiger partial charge is 0.379 e. The van der Waals surface area contributed by atoms with Gasteiger partial charge in [0.25, 0.3) is 0 Å². The third-order valence-corrected chi connectivity index (χ3v) is 6.59. The molecule has 0 amide bonds. The van der Waals surface area contributed by atoms with Crippen LogP contribution >= 0.6 is 23.1 Å². The highest BCUT2D eigenvalue weighted by molar-refractivity contribution is 8.00. The summed E-state index contributed by atoms with van der Waals surface area (Å²) in [4.78, 5) is 11.1. The fourth-order valence-corrected chi connectivity index (χ4v) is 4.65. The number of hydrogen-bond acceptors (Lipinski definition) is 6. The maximum absolute atomic E-state index is 5.45. The number of thioether (sulfide) groups is 1. The first-order valence-electron chi connectivity index (χ1n) is 9.69. The van der Waals surface area contributed by atoms with Crippen LogP contribution in [0.4, 0.5) is 0 Å². The molecule has 6 nitrogen and oxygen atoms in total. The number of nitrogens with one attached hydrogen (secondary N) is 2. The van der Waals surface area contributed by atoms with Gasteiger partial charge in [-0.15, -0.1) is 11.3 Å². The number of guanidine groups is 1. The Morgan fingerprint density at radius 1 is 1.25 bits per heavy atom. The van der Waals surface area contributed by atoms with Gasteiger partial charge in [-0.3, -0.25) is 9.89 Å². The number of rotatable bonds is 9. The van der Waals surface area contributed by atoms with Crippen LogP contribution in [0.3, 0.4) is 0 Å². The number of morpholine rings is 1. The molecule has 0 bridgehead atoms. The second-order valence-corrected chi connectivity index (χ2v) is 8.75. The molecule has 2 N–H and O–H groups in total. The molecular formula is C20H29N5OS2. The quantitative estimate of drug-likeness (QED) is 0.282. The SMILES string of the molecule is CN=C(NCCCSc1nccs1)NCc1ccccc1CN1CCOCC1. The van der Waals surface area contributed by atoms with Crippen LogP contribution in [0.25, 0.3) is 0 Å². The summed E-state index contributed by atoms with van der Waals surface area (Å²) in [7, 11) is 1.82. The van der Waals surface area contributed by atoms with Gasteiger partial charge in [0, 0.05) is 57.1 Å². The maximum Gasteiger partial charge on any atom is 0.191 e. The van der Waals surface area contributed by atoms with Gasteiger partial charge < -0.3 is 15.4 Å². The zero-order chi connectivity index (χ0) is 19.4. The molecule has 0 radical (unpaired) electrons. The van der Waals surface area contributed by atoms with Crippen molar-refractivity contribution >= 4 is 29.1 Å². The molecule has 1 saturated heterocycles. The summed E-state index contributed by atoms with van der Waals surface area (Å²) in [6.45, 7) is 6.31. The zero-order valence-electron chi connectivity index (χ0n) is 16.4. The lowest BCUT2D eigenvalue weighted by atomic mass is 10.1. The molecule has 152 valence electrons. The number of ether oxygens (including phenoxy) is 1. The molecule has 2 aromatic rings. The molecule has 0 atom stereocenters. The highest BCUT2D eigenvalue weighted by Crippen LogP contribution is 2.20. The van der Waals surface area contributed by atoms with Gasteiger partial charge in [-0.05, 0) is 17.5 Å². The lowest BCUT2D eigenvalue weighted by Crippen LogP contribution is -2.38. The highest BCUT2D eigenvalue weighted by atomic mass is 32.2. The molecule has 0 spiro atoms. The standard InChI is InChI=1S/C20H29N5OS2/c1-21-19(22-7-4-13-27-20-23-8-14-28-20)24-15-17-5-2-3-6-18(17)16-25-9-11-26-12-10-25/h2-3,5-6,8,14H,4,7,9-13,15-16H2,1H3,(H2,21,22,24). The van der Waals surface area contributed by atoms with Crippen LogP contribution in [0, 0.1) is 0 Å². The predicted molar refractivity (Wildman–Crippen MR) is 118 cm³/mol. The monoisotopic (exact) mass is 419 g/mol. The highest BCUT2D eigenvalue weighted by Gasteiger charge is 2.12. The van der Waals surface area contributed by atoms with Crippen LogP contribution in [0.2, 0.25) is 0 Å². The fraction of sp³-hybridized carbons (Fsp3) is 0.500. The van der Waals surface area contributed by atoms with Crippen LogP contribution in [-0.2, 0) is 17.8 Å². The van der Waals surface area contributed by atoms with Crippen molar-refractivity contribution in [2.45, 2.75) is 23.8 Å². The number of aromatic nitrogens is 1. The molecule has 0 aliphatic carbocycles. The van der Waals surface area contributed by atoms with Gasteiger partial charge in [-0.1, -0.05) is 36.0 Å². The molecule has 3 rings (SSSR count). The fourth-order valence-electron chi connectivity index (χ4n) is 3.00. The summed E-state index contributed by atoms with van der Waals surface area (Å²) in [6, 6.07) is 8.64. The van der Waals surface area contributed by atoms with Crippen LogP contribution < -0.4 is 10.6 Å². The summed E-state index contributed by atoms with van der Waals surface area (Å²) >= 11 is 3.50. The van der Waals surface area contributed by atoms with E-state index in [2.05, 4.69) is 49.8 Å². The Hall–Kier alpha value is -1.61. The van der Waals surface area contributed by atoms with E-state index in [4.69, 9.17) is 4.74 Å². The van der Waals surface area contributed by atoms with Gasteiger partial charge in [0.15, 0.2) is 5.96 Å². The minimum absolute atomic E-state index is 0.772. The van der Waals surface area contributed by atoms with Crippen molar-refractivity contribution in [3.05, 3.63) is 47.0 Å². The first-order valence-corrected chi connectivity index (χ1v) is 11.6. The lowest BCUT2D eigenvalue weighted by molar-refractivity contribution is 0.0341. The third-order valence-electron chi connectivity index (χ3n) is 4.53.